The van der Waals surface area contributed by atoms with E-state index in [1.165, 1.54) is 11.1 Å². The van der Waals surface area contributed by atoms with E-state index in [2.05, 4.69) is 12.1 Å². The van der Waals surface area contributed by atoms with Gasteiger partial charge in [0, 0.05) is 19.2 Å². The van der Waals surface area contributed by atoms with Crippen molar-refractivity contribution >= 4 is 17.9 Å². The third kappa shape index (κ3) is 4.47. The summed E-state index contributed by atoms with van der Waals surface area (Å²) in [5.41, 5.74) is 8.46. The minimum absolute atomic E-state index is 0.00329. The van der Waals surface area contributed by atoms with E-state index in [0.717, 1.165) is 18.5 Å². The fourth-order valence-electron chi connectivity index (χ4n) is 2.79. The first-order chi connectivity index (χ1) is 12.1. The number of carbonyl (C=O) groups excluding carboxylic acids is 2. The SMILES string of the molecule is NC(=O)COc1ccc(/C=C/C(=O)N2CCc3ccccc3C2)cc1. The molecule has 128 valence electrons. The molecule has 1 heterocycles. The van der Waals surface area contributed by atoms with Gasteiger partial charge in [0.05, 0.1) is 0 Å². The molecule has 2 aromatic carbocycles. The molecule has 0 bridgehead atoms. The van der Waals surface area contributed by atoms with Crippen molar-refractivity contribution in [1.29, 1.82) is 0 Å². The zero-order valence-electron chi connectivity index (χ0n) is 13.9. The predicted molar refractivity (Wildman–Crippen MR) is 95.7 cm³/mol. The quantitative estimate of drug-likeness (QED) is 0.850. The summed E-state index contributed by atoms with van der Waals surface area (Å²) in [4.78, 5) is 24.9. The van der Waals surface area contributed by atoms with Crippen molar-refractivity contribution in [2.75, 3.05) is 13.2 Å². The molecule has 2 amide bonds. The number of fused-ring (bicyclic) bond motifs is 1. The average molecular weight is 336 g/mol. The summed E-state index contributed by atoms with van der Waals surface area (Å²) in [6, 6.07) is 15.4. The van der Waals surface area contributed by atoms with E-state index >= 15 is 0 Å². The van der Waals surface area contributed by atoms with Crippen LogP contribution in [0, 0.1) is 0 Å². The van der Waals surface area contributed by atoms with E-state index < -0.39 is 5.91 Å². The van der Waals surface area contributed by atoms with Gasteiger partial charge in [-0.3, -0.25) is 9.59 Å². The van der Waals surface area contributed by atoms with Gasteiger partial charge in [0.15, 0.2) is 6.61 Å². The van der Waals surface area contributed by atoms with Gasteiger partial charge in [0.1, 0.15) is 5.75 Å². The lowest BCUT2D eigenvalue weighted by Crippen LogP contribution is -2.34. The van der Waals surface area contributed by atoms with Crippen LogP contribution in [0.4, 0.5) is 0 Å². The number of primary amides is 1. The highest BCUT2D eigenvalue weighted by molar-refractivity contribution is 5.92. The van der Waals surface area contributed by atoms with Crippen LogP contribution in [0.2, 0.25) is 0 Å². The van der Waals surface area contributed by atoms with Gasteiger partial charge in [-0.15, -0.1) is 0 Å². The van der Waals surface area contributed by atoms with Crippen LogP contribution in [0.1, 0.15) is 16.7 Å². The highest BCUT2D eigenvalue weighted by Crippen LogP contribution is 2.19. The molecule has 0 atom stereocenters. The molecule has 0 unspecified atom stereocenters. The molecule has 1 aliphatic heterocycles. The molecule has 3 rings (SSSR count). The lowest BCUT2D eigenvalue weighted by atomic mass is 10.00. The minimum Gasteiger partial charge on any atom is -0.484 e. The Morgan fingerprint density at radius 2 is 1.80 bits per heavy atom. The molecule has 0 fully saturated rings. The van der Waals surface area contributed by atoms with E-state index in [4.69, 9.17) is 10.5 Å². The molecule has 0 radical (unpaired) electrons. The third-order valence-electron chi connectivity index (χ3n) is 4.12. The molecule has 2 aromatic rings. The van der Waals surface area contributed by atoms with Crippen LogP contribution in [0.25, 0.3) is 6.08 Å². The summed E-state index contributed by atoms with van der Waals surface area (Å²) < 4.78 is 5.20. The first kappa shape index (κ1) is 16.8. The number of nitrogens with zero attached hydrogens (tertiary/aromatic N) is 1. The van der Waals surface area contributed by atoms with Gasteiger partial charge in [-0.05, 0) is 41.3 Å². The van der Waals surface area contributed by atoms with Gasteiger partial charge in [0.25, 0.3) is 5.91 Å². The Bertz CT molecular complexity index is 797. The summed E-state index contributed by atoms with van der Waals surface area (Å²) in [6.07, 6.45) is 4.26. The van der Waals surface area contributed by atoms with Crippen molar-refractivity contribution in [3.8, 4) is 5.75 Å². The topological polar surface area (TPSA) is 72.6 Å². The molecular formula is C20H20N2O3. The highest BCUT2D eigenvalue weighted by atomic mass is 16.5. The van der Waals surface area contributed by atoms with Crippen molar-refractivity contribution in [3.63, 3.8) is 0 Å². The standard InChI is InChI=1S/C20H20N2O3/c21-19(23)14-25-18-8-5-15(6-9-18)7-10-20(24)22-12-11-16-3-1-2-4-17(16)13-22/h1-10H,11-14H2,(H2,21,23)/b10-7+. The van der Waals surface area contributed by atoms with E-state index in [-0.39, 0.29) is 12.5 Å². The predicted octanol–water partition coefficient (Wildman–Crippen LogP) is 2.15. The van der Waals surface area contributed by atoms with E-state index in [0.29, 0.717) is 12.3 Å². The Labute approximate surface area is 146 Å². The molecule has 25 heavy (non-hydrogen) atoms. The van der Waals surface area contributed by atoms with E-state index in [1.807, 2.05) is 29.2 Å². The zero-order valence-corrected chi connectivity index (χ0v) is 13.9. The largest absolute Gasteiger partial charge is 0.484 e. The van der Waals surface area contributed by atoms with E-state index in [9.17, 15) is 9.59 Å². The highest BCUT2D eigenvalue weighted by Gasteiger charge is 2.18. The molecule has 0 saturated carbocycles. The van der Waals surface area contributed by atoms with Crippen LogP contribution in [-0.4, -0.2) is 29.9 Å². The van der Waals surface area contributed by atoms with Gasteiger partial charge in [-0.25, -0.2) is 0 Å². The summed E-state index contributed by atoms with van der Waals surface area (Å²) in [5.74, 6) is 0.0520. The number of ether oxygens (including phenoxy) is 1. The Morgan fingerprint density at radius 3 is 2.52 bits per heavy atom. The normalized spacial score (nSPS) is 13.5. The summed E-state index contributed by atoms with van der Waals surface area (Å²) >= 11 is 0. The summed E-state index contributed by atoms with van der Waals surface area (Å²) in [7, 11) is 0. The lowest BCUT2D eigenvalue weighted by molar-refractivity contribution is -0.126. The number of rotatable bonds is 5. The number of nitrogens with two attached hydrogens (primary N) is 1. The van der Waals surface area contributed by atoms with Crippen LogP contribution in [0.5, 0.6) is 5.75 Å². The molecule has 1 aliphatic rings. The second kappa shape index (κ2) is 7.66. The van der Waals surface area contributed by atoms with Crippen molar-refractivity contribution in [1.82, 2.24) is 4.90 Å². The maximum Gasteiger partial charge on any atom is 0.255 e. The molecule has 2 N–H and O–H groups in total. The Kier molecular flexibility index (Phi) is 5.14. The molecule has 0 saturated heterocycles. The number of carbonyl (C=O) groups is 2. The van der Waals surface area contributed by atoms with Crippen LogP contribution in [0.15, 0.2) is 54.6 Å². The molecular weight excluding hydrogens is 316 g/mol. The summed E-state index contributed by atoms with van der Waals surface area (Å²) in [6.45, 7) is 1.24. The van der Waals surface area contributed by atoms with Crippen LogP contribution >= 0.6 is 0 Å². The summed E-state index contributed by atoms with van der Waals surface area (Å²) in [5, 5.41) is 0. The van der Waals surface area contributed by atoms with Gasteiger partial charge in [-0.2, -0.15) is 0 Å². The van der Waals surface area contributed by atoms with Gasteiger partial charge >= 0.3 is 0 Å². The smallest absolute Gasteiger partial charge is 0.255 e. The van der Waals surface area contributed by atoms with Crippen molar-refractivity contribution < 1.29 is 14.3 Å². The Balaban J connectivity index is 1.58. The van der Waals surface area contributed by atoms with Crippen molar-refractivity contribution in [2.24, 2.45) is 5.73 Å². The molecule has 5 heteroatoms. The second-order valence-corrected chi connectivity index (χ2v) is 5.94. The van der Waals surface area contributed by atoms with Crippen LogP contribution in [-0.2, 0) is 22.6 Å². The number of hydrogen-bond donors (Lipinski definition) is 1. The molecule has 0 spiro atoms. The van der Waals surface area contributed by atoms with E-state index in [1.54, 1.807) is 24.3 Å². The Morgan fingerprint density at radius 1 is 1.08 bits per heavy atom. The maximum atomic E-state index is 12.4. The molecule has 5 nitrogen and oxygen atoms in total. The minimum atomic E-state index is -0.516. The zero-order chi connectivity index (χ0) is 17.6. The van der Waals surface area contributed by atoms with Crippen LogP contribution < -0.4 is 10.5 Å². The maximum absolute atomic E-state index is 12.4. The first-order valence-corrected chi connectivity index (χ1v) is 8.17. The second-order valence-electron chi connectivity index (χ2n) is 5.94. The number of benzene rings is 2. The molecule has 0 aromatic heterocycles. The van der Waals surface area contributed by atoms with Crippen molar-refractivity contribution in [3.05, 3.63) is 71.3 Å². The van der Waals surface area contributed by atoms with Gasteiger partial charge in [0.2, 0.25) is 5.91 Å². The first-order valence-electron chi connectivity index (χ1n) is 8.17. The molecule has 0 aliphatic carbocycles. The average Bonchev–Trinajstić information content (AvgIpc) is 2.64. The lowest BCUT2D eigenvalue weighted by Gasteiger charge is -2.27. The Hall–Kier alpha value is -3.08. The monoisotopic (exact) mass is 336 g/mol. The van der Waals surface area contributed by atoms with Crippen LogP contribution in [0.3, 0.4) is 0 Å². The van der Waals surface area contributed by atoms with Gasteiger partial charge in [-0.1, -0.05) is 36.4 Å². The third-order valence-corrected chi connectivity index (χ3v) is 4.12. The van der Waals surface area contributed by atoms with Gasteiger partial charge < -0.3 is 15.4 Å². The fraction of sp³-hybridized carbons (Fsp3) is 0.200. The number of hydrogen-bond acceptors (Lipinski definition) is 3. The van der Waals surface area contributed by atoms with Crippen molar-refractivity contribution in [2.45, 2.75) is 13.0 Å². The fourth-order valence-corrected chi connectivity index (χ4v) is 2.79. The number of amides is 2.